The Balaban J connectivity index is 0.000000980. The summed E-state index contributed by atoms with van der Waals surface area (Å²) in [5, 5.41) is 18.0. The molecule has 0 atom stereocenters. The van der Waals surface area contributed by atoms with Crippen LogP contribution in [-0.2, 0) is 0 Å². The lowest BCUT2D eigenvalue weighted by Gasteiger charge is -2.02. The Morgan fingerprint density at radius 2 is 1.79 bits per heavy atom. The van der Waals surface area contributed by atoms with Crippen LogP contribution in [0.15, 0.2) is 30.6 Å². The molecule has 2 N–H and O–H groups in total. The highest BCUT2D eigenvalue weighted by Crippen LogP contribution is 2.03. The number of fused-ring (bicyclic) bond motifs is 1. The first-order valence-corrected chi connectivity index (χ1v) is 3.85. The smallest absolute Gasteiger partial charge is 0.423 e. The molecule has 14 heavy (non-hydrogen) atoms. The topological polar surface area (TPSA) is 66.2 Å². The average molecular weight is 210 g/mol. The zero-order chi connectivity index (χ0) is 9.26. The van der Waals surface area contributed by atoms with Crippen LogP contribution in [-0.4, -0.2) is 27.1 Å². The second kappa shape index (κ2) is 4.37. The SMILES string of the molecule is Cl.OB(O)c1cccc2nccnc12. The molecule has 0 fully saturated rings. The molecular formula is C8H8BClN2O2. The van der Waals surface area contributed by atoms with Crippen molar-refractivity contribution < 1.29 is 10.0 Å². The van der Waals surface area contributed by atoms with E-state index in [4.69, 9.17) is 10.0 Å². The van der Waals surface area contributed by atoms with E-state index in [1.807, 2.05) is 0 Å². The van der Waals surface area contributed by atoms with E-state index < -0.39 is 7.12 Å². The summed E-state index contributed by atoms with van der Waals surface area (Å²) in [6.45, 7) is 0. The number of nitrogens with zero attached hydrogens (tertiary/aromatic N) is 2. The Labute approximate surface area is 87.2 Å². The molecule has 1 aromatic carbocycles. The summed E-state index contributed by atoms with van der Waals surface area (Å²) in [5.41, 5.74) is 1.57. The largest absolute Gasteiger partial charge is 0.490 e. The minimum atomic E-state index is -1.50. The first-order chi connectivity index (χ1) is 6.29. The van der Waals surface area contributed by atoms with Gasteiger partial charge in [0.05, 0.1) is 11.0 Å². The van der Waals surface area contributed by atoms with Crippen LogP contribution >= 0.6 is 12.4 Å². The van der Waals surface area contributed by atoms with Gasteiger partial charge in [-0.2, -0.15) is 0 Å². The predicted molar refractivity (Wildman–Crippen MR) is 56.6 cm³/mol. The van der Waals surface area contributed by atoms with E-state index in [0.29, 0.717) is 16.5 Å². The first-order valence-electron chi connectivity index (χ1n) is 3.85. The Morgan fingerprint density at radius 1 is 1.07 bits per heavy atom. The van der Waals surface area contributed by atoms with Crippen molar-refractivity contribution in [1.82, 2.24) is 9.97 Å². The van der Waals surface area contributed by atoms with Crippen LogP contribution < -0.4 is 5.46 Å². The van der Waals surface area contributed by atoms with Gasteiger partial charge in [-0.05, 0) is 6.07 Å². The summed E-state index contributed by atoms with van der Waals surface area (Å²) >= 11 is 0. The molecule has 6 heteroatoms. The Bertz CT molecular complexity index is 433. The molecule has 0 spiro atoms. The van der Waals surface area contributed by atoms with Crippen LogP contribution in [0.4, 0.5) is 0 Å². The molecule has 0 unspecified atom stereocenters. The summed E-state index contributed by atoms with van der Waals surface area (Å²) in [5.74, 6) is 0. The number of aromatic nitrogens is 2. The van der Waals surface area contributed by atoms with E-state index in [0.717, 1.165) is 0 Å². The van der Waals surface area contributed by atoms with Crippen molar-refractivity contribution in [3.8, 4) is 0 Å². The molecule has 0 aliphatic carbocycles. The van der Waals surface area contributed by atoms with Gasteiger partial charge in [0, 0.05) is 17.9 Å². The van der Waals surface area contributed by atoms with Gasteiger partial charge in [0.25, 0.3) is 0 Å². The minimum Gasteiger partial charge on any atom is -0.423 e. The van der Waals surface area contributed by atoms with Crippen LogP contribution in [0.25, 0.3) is 11.0 Å². The fourth-order valence-electron chi connectivity index (χ4n) is 1.22. The molecule has 1 heterocycles. The standard InChI is InChI=1S/C8H7BN2O2.ClH/c12-9(13)6-2-1-3-7-8(6)11-5-4-10-7;/h1-5,12-13H;1H. The second-order valence-corrected chi connectivity index (χ2v) is 2.64. The highest BCUT2D eigenvalue weighted by Gasteiger charge is 2.14. The fourth-order valence-corrected chi connectivity index (χ4v) is 1.22. The van der Waals surface area contributed by atoms with Crippen LogP contribution in [0.3, 0.4) is 0 Å². The summed E-state index contributed by atoms with van der Waals surface area (Å²) < 4.78 is 0. The number of hydrogen-bond donors (Lipinski definition) is 2. The van der Waals surface area contributed by atoms with E-state index in [2.05, 4.69) is 9.97 Å². The van der Waals surface area contributed by atoms with Gasteiger partial charge in [0.15, 0.2) is 0 Å². The Morgan fingerprint density at radius 3 is 2.50 bits per heavy atom. The van der Waals surface area contributed by atoms with Crippen molar-refractivity contribution in [2.45, 2.75) is 0 Å². The molecule has 2 aromatic rings. The van der Waals surface area contributed by atoms with Gasteiger partial charge in [-0.15, -0.1) is 12.4 Å². The number of halogens is 1. The highest BCUT2D eigenvalue weighted by molar-refractivity contribution is 6.61. The quantitative estimate of drug-likeness (QED) is 0.636. The van der Waals surface area contributed by atoms with E-state index in [-0.39, 0.29) is 12.4 Å². The van der Waals surface area contributed by atoms with Crippen LogP contribution in [0.1, 0.15) is 0 Å². The first kappa shape index (κ1) is 10.9. The molecule has 2 rings (SSSR count). The molecular weight excluding hydrogens is 202 g/mol. The lowest BCUT2D eigenvalue weighted by molar-refractivity contribution is 0.426. The van der Waals surface area contributed by atoms with Crippen molar-refractivity contribution in [2.75, 3.05) is 0 Å². The van der Waals surface area contributed by atoms with Crippen LogP contribution in [0, 0.1) is 0 Å². The molecule has 0 saturated heterocycles. The van der Waals surface area contributed by atoms with E-state index in [1.165, 1.54) is 6.20 Å². The second-order valence-electron chi connectivity index (χ2n) is 2.64. The van der Waals surface area contributed by atoms with Gasteiger partial charge >= 0.3 is 7.12 Å². The van der Waals surface area contributed by atoms with Gasteiger partial charge in [-0.1, -0.05) is 12.1 Å². The van der Waals surface area contributed by atoms with Crippen molar-refractivity contribution in [3.63, 3.8) is 0 Å². The summed E-state index contributed by atoms with van der Waals surface area (Å²) in [7, 11) is -1.50. The third-order valence-corrected chi connectivity index (χ3v) is 1.81. The summed E-state index contributed by atoms with van der Waals surface area (Å²) in [6, 6.07) is 5.10. The van der Waals surface area contributed by atoms with Crippen molar-refractivity contribution in [2.24, 2.45) is 0 Å². The number of rotatable bonds is 1. The van der Waals surface area contributed by atoms with Crippen molar-refractivity contribution in [3.05, 3.63) is 30.6 Å². The summed E-state index contributed by atoms with van der Waals surface area (Å²) in [6.07, 6.45) is 3.09. The number of para-hydroxylation sites is 1. The van der Waals surface area contributed by atoms with Crippen molar-refractivity contribution in [1.29, 1.82) is 0 Å². The molecule has 0 aliphatic heterocycles. The Kier molecular flexibility index (Phi) is 3.40. The zero-order valence-corrected chi connectivity index (χ0v) is 7.98. The average Bonchev–Trinajstić information content (AvgIpc) is 2.17. The Hall–Kier alpha value is -1.17. The molecule has 0 amide bonds. The minimum absolute atomic E-state index is 0. The highest BCUT2D eigenvalue weighted by atomic mass is 35.5. The fraction of sp³-hybridized carbons (Fsp3) is 0. The van der Waals surface area contributed by atoms with Gasteiger partial charge in [0.2, 0.25) is 0 Å². The van der Waals surface area contributed by atoms with Gasteiger partial charge in [-0.25, -0.2) is 0 Å². The normalized spacial score (nSPS) is 9.57. The summed E-state index contributed by atoms with van der Waals surface area (Å²) in [4.78, 5) is 8.06. The van der Waals surface area contributed by atoms with E-state index >= 15 is 0 Å². The predicted octanol–water partition coefficient (Wildman–Crippen LogP) is -0.269. The molecule has 0 bridgehead atoms. The molecule has 0 saturated carbocycles. The number of benzene rings is 1. The molecule has 72 valence electrons. The lowest BCUT2D eigenvalue weighted by atomic mass is 9.79. The monoisotopic (exact) mass is 210 g/mol. The zero-order valence-electron chi connectivity index (χ0n) is 7.16. The van der Waals surface area contributed by atoms with Crippen LogP contribution in [0.5, 0.6) is 0 Å². The molecule has 0 aliphatic rings. The van der Waals surface area contributed by atoms with Gasteiger partial charge in [-0.3, -0.25) is 9.97 Å². The van der Waals surface area contributed by atoms with E-state index in [9.17, 15) is 0 Å². The van der Waals surface area contributed by atoms with Gasteiger partial charge in [0.1, 0.15) is 0 Å². The molecule has 1 aromatic heterocycles. The maximum atomic E-state index is 9.01. The number of hydrogen-bond acceptors (Lipinski definition) is 4. The lowest BCUT2D eigenvalue weighted by Crippen LogP contribution is -2.30. The third-order valence-electron chi connectivity index (χ3n) is 1.81. The van der Waals surface area contributed by atoms with Crippen LogP contribution in [0.2, 0.25) is 0 Å². The third kappa shape index (κ3) is 1.84. The van der Waals surface area contributed by atoms with Crippen molar-refractivity contribution >= 4 is 36.0 Å². The maximum absolute atomic E-state index is 9.01. The maximum Gasteiger partial charge on any atom is 0.490 e. The molecule has 0 radical (unpaired) electrons. The van der Waals surface area contributed by atoms with E-state index in [1.54, 1.807) is 24.4 Å². The van der Waals surface area contributed by atoms with Gasteiger partial charge < -0.3 is 10.0 Å². The molecule has 4 nitrogen and oxygen atoms in total.